The van der Waals surface area contributed by atoms with Crippen molar-refractivity contribution in [3.8, 4) is 5.75 Å². The third-order valence-electron chi connectivity index (χ3n) is 5.49. The Balaban J connectivity index is 1.39. The van der Waals surface area contributed by atoms with Gasteiger partial charge in [0.1, 0.15) is 5.75 Å². The van der Waals surface area contributed by atoms with Crippen LogP contribution in [-0.2, 0) is 24.1 Å². The summed E-state index contributed by atoms with van der Waals surface area (Å²) in [4.78, 5) is 16.6. The molecule has 7 heteroatoms. The molecule has 1 aliphatic heterocycles. The molecule has 1 fully saturated rings. The van der Waals surface area contributed by atoms with Crippen LogP contribution in [0.4, 0.5) is 0 Å². The number of aromatic nitrogens is 2. The van der Waals surface area contributed by atoms with E-state index in [0.29, 0.717) is 31.0 Å². The Kier molecular flexibility index (Phi) is 8.04. The van der Waals surface area contributed by atoms with E-state index in [9.17, 15) is 4.79 Å². The van der Waals surface area contributed by atoms with Gasteiger partial charge in [-0.3, -0.25) is 4.79 Å². The molecule has 2 heterocycles. The molecule has 0 spiro atoms. The average Bonchev–Trinajstić information content (AvgIpc) is 3.23. The Morgan fingerprint density at radius 1 is 1.10 bits per heavy atom. The maximum Gasteiger partial charge on any atom is 0.222 e. The minimum absolute atomic E-state index is 0.121. The number of nitrogens with zero attached hydrogens (tertiary/aromatic N) is 4. The van der Waals surface area contributed by atoms with E-state index < -0.39 is 0 Å². The van der Waals surface area contributed by atoms with Crippen LogP contribution >= 0.6 is 0 Å². The number of rotatable bonds is 10. The van der Waals surface area contributed by atoms with E-state index in [1.165, 1.54) is 19.3 Å². The first-order valence-corrected chi connectivity index (χ1v) is 10.5. The van der Waals surface area contributed by atoms with Crippen molar-refractivity contribution in [1.29, 1.82) is 0 Å². The van der Waals surface area contributed by atoms with Crippen molar-refractivity contribution in [1.82, 2.24) is 20.0 Å². The Hall–Kier alpha value is -2.41. The molecule has 0 unspecified atom stereocenters. The second-order valence-corrected chi connectivity index (χ2v) is 7.62. The maximum absolute atomic E-state index is 12.4. The van der Waals surface area contributed by atoms with Gasteiger partial charge in [0, 0.05) is 39.4 Å². The summed E-state index contributed by atoms with van der Waals surface area (Å²) in [6.45, 7) is 4.03. The predicted molar refractivity (Wildman–Crippen MR) is 111 cm³/mol. The zero-order valence-corrected chi connectivity index (χ0v) is 17.6. The number of piperidine rings is 1. The number of benzene rings is 1. The standard InChI is InChI=1S/C22H32N4O3/c1-25(16-17-26-14-6-3-7-15-26)22(27)13-12-21-24-23-20(29-21)11-10-18-8-4-5-9-19(18)28-2/h4-5,8-9H,3,6-7,10-17H2,1-2H3. The number of para-hydroxylation sites is 1. The van der Waals surface area contributed by atoms with Crippen molar-refractivity contribution in [2.75, 3.05) is 40.3 Å². The lowest BCUT2D eigenvalue weighted by molar-refractivity contribution is -0.130. The van der Waals surface area contributed by atoms with Gasteiger partial charge in [-0.1, -0.05) is 24.6 Å². The van der Waals surface area contributed by atoms with Crippen LogP contribution in [0.5, 0.6) is 5.75 Å². The molecule has 0 radical (unpaired) electrons. The van der Waals surface area contributed by atoms with E-state index in [0.717, 1.165) is 43.9 Å². The third kappa shape index (κ3) is 6.56. The van der Waals surface area contributed by atoms with Gasteiger partial charge >= 0.3 is 0 Å². The van der Waals surface area contributed by atoms with Crippen molar-refractivity contribution >= 4 is 5.91 Å². The minimum Gasteiger partial charge on any atom is -0.496 e. The summed E-state index contributed by atoms with van der Waals surface area (Å²) in [6, 6.07) is 7.93. The fourth-order valence-corrected chi connectivity index (χ4v) is 3.65. The number of ether oxygens (including phenoxy) is 1. The zero-order valence-electron chi connectivity index (χ0n) is 17.6. The molecule has 0 N–H and O–H groups in total. The molecule has 1 saturated heterocycles. The van der Waals surface area contributed by atoms with Gasteiger partial charge in [-0.05, 0) is 44.0 Å². The number of carbonyl (C=O) groups is 1. The number of likely N-dealkylation sites (tertiary alicyclic amines) is 1. The SMILES string of the molecule is COc1ccccc1CCc1nnc(CCC(=O)N(C)CCN2CCCCC2)o1. The quantitative estimate of drug-likeness (QED) is 0.611. The lowest BCUT2D eigenvalue weighted by atomic mass is 10.1. The zero-order chi connectivity index (χ0) is 20.5. The second kappa shape index (κ2) is 11.0. The minimum atomic E-state index is 0.121. The smallest absolute Gasteiger partial charge is 0.222 e. The highest BCUT2D eigenvalue weighted by Crippen LogP contribution is 2.19. The van der Waals surface area contributed by atoms with Crippen LogP contribution in [-0.4, -0.2) is 66.2 Å². The van der Waals surface area contributed by atoms with Gasteiger partial charge in [-0.25, -0.2) is 0 Å². The van der Waals surface area contributed by atoms with E-state index in [2.05, 4.69) is 15.1 Å². The molecular weight excluding hydrogens is 368 g/mol. The van der Waals surface area contributed by atoms with Crippen LogP contribution in [0.15, 0.2) is 28.7 Å². The summed E-state index contributed by atoms with van der Waals surface area (Å²) in [5, 5.41) is 8.21. The monoisotopic (exact) mass is 400 g/mol. The van der Waals surface area contributed by atoms with Crippen LogP contribution in [0.1, 0.15) is 43.0 Å². The number of amides is 1. The number of likely N-dealkylation sites (N-methyl/N-ethyl adjacent to an activating group) is 1. The van der Waals surface area contributed by atoms with Gasteiger partial charge in [0.05, 0.1) is 7.11 Å². The molecule has 29 heavy (non-hydrogen) atoms. The molecular formula is C22H32N4O3. The first-order valence-electron chi connectivity index (χ1n) is 10.5. The number of hydrogen-bond donors (Lipinski definition) is 0. The first kappa shape index (κ1) is 21.3. The molecule has 0 atom stereocenters. The molecule has 1 aliphatic rings. The van der Waals surface area contributed by atoms with Crippen LogP contribution in [0.2, 0.25) is 0 Å². The van der Waals surface area contributed by atoms with Gasteiger partial charge in [0.2, 0.25) is 17.7 Å². The molecule has 7 nitrogen and oxygen atoms in total. The van der Waals surface area contributed by atoms with Crippen LogP contribution in [0.3, 0.4) is 0 Å². The lowest BCUT2D eigenvalue weighted by Crippen LogP contribution is -2.38. The van der Waals surface area contributed by atoms with E-state index in [1.807, 2.05) is 36.2 Å². The van der Waals surface area contributed by atoms with Crippen molar-refractivity contribution in [3.05, 3.63) is 41.6 Å². The topological polar surface area (TPSA) is 71.7 Å². The molecule has 0 bridgehead atoms. The van der Waals surface area contributed by atoms with Crippen molar-refractivity contribution in [2.45, 2.75) is 44.9 Å². The molecule has 1 amide bonds. The summed E-state index contributed by atoms with van der Waals surface area (Å²) >= 11 is 0. The van der Waals surface area contributed by atoms with Crippen LogP contribution in [0, 0.1) is 0 Å². The second-order valence-electron chi connectivity index (χ2n) is 7.62. The number of carbonyl (C=O) groups excluding carboxylic acids is 1. The highest BCUT2D eigenvalue weighted by atomic mass is 16.5. The number of hydrogen-bond acceptors (Lipinski definition) is 6. The fraction of sp³-hybridized carbons (Fsp3) is 0.591. The molecule has 2 aromatic rings. The molecule has 1 aromatic heterocycles. The van der Waals surface area contributed by atoms with E-state index in [1.54, 1.807) is 7.11 Å². The Labute approximate surface area is 173 Å². The van der Waals surface area contributed by atoms with Crippen LogP contribution in [0.25, 0.3) is 0 Å². The number of methoxy groups -OCH3 is 1. The van der Waals surface area contributed by atoms with Crippen molar-refractivity contribution in [2.24, 2.45) is 0 Å². The summed E-state index contributed by atoms with van der Waals surface area (Å²) in [7, 11) is 3.54. The predicted octanol–water partition coefficient (Wildman–Crippen LogP) is 2.74. The first-order chi connectivity index (χ1) is 14.2. The highest BCUT2D eigenvalue weighted by molar-refractivity contribution is 5.76. The van der Waals surface area contributed by atoms with Gasteiger partial charge in [0.25, 0.3) is 0 Å². The van der Waals surface area contributed by atoms with Gasteiger partial charge in [0.15, 0.2) is 0 Å². The lowest BCUT2D eigenvalue weighted by Gasteiger charge is -2.28. The summed E-state index contributed by atoms with van der Waals surface area (Å²) < 4.78 is 11.1. The van der Waals surface area contributed by atoms with Crippen molar-refractivity contribution in [3.63, 3.8) is 0 Å². The third-order valence-corrected chi connectivity index (χ3v) is 5.49. The Morgan fingerprint density at radius 2 is 1.83 bits per heavy atom. The van der Waals surface area contributed by atoms with E-state index in [4.69, 9.17) is 9.15 Å². The normalized spacial score (nSPS) is 14.7. The molecule has 1 aromatic carbocycles. The number of aryl methyl sites for hydroxylation is 3. The van der Waals surface area contributed by atoms with Crippen molar-refractivity contribution < 1.29 is 13.9 Å². The van der Waals surface area contributed by atoms with Gasteiger partial charge < -0.3 is 19.0 Å². The maximum atomic E-state index is 12.4. The van der Waals surface area contributed by atoms with Gasteiger partial charge in [-0.2, -0.15) is 0 Å². The molecule has 158 valence electrons. The van der Waals surface area contributed by atoms with E-state index in [-0.39, 0.29) is 5.91 Å². The van der Waals surface area contributed by atoms with Gasteiger partial charge in [-0.15, -0.1) is 10.2 Å². The molecule has 3 rings (SSSR count). The highest BCUT2D eigenvalue weighted by Gasteiger charge is 2.15. The largest absolute Gasteiger partial charge is 0.496 e. The fourth-order valence-electron chi connectivity index (χ4n) is 3.65. The Bertz CT molecular complexity index is 771. The summed E-state index contributed by atoms with van der Waals surface area (Å²) in [5.41, 5.74) is 1.11. The Morgan fingerprint density at radius 3 is 2.59 bits per heavy atom. The summed E-state index contributed by atoms with van der Waals surface area (Å²) in [5.74, 6) is 2.11. The average molecular weight is 401 g/mol. The molecule has 0 saturated carbocycles. The van der Waals surface area contributed by atoms with Crippen LogP contribution < -0.4 is 4.74 Å². The molecule has 0 aliphatic carbocycles. The van der Waals surface area contributed by atoms with E-state index >= 15 is 0 Å². The summed E-state index contributed by atoms with van der Waals surface area (Å²) in [6.07, 6.45) is 6.17.